The van der Waals surface area contributed by atoms with Gasteiger partial charge in [-0.25, -0.2) is 9.79 Å². The van der Waals surface area contributed by atoms with Crippen molar-refractivity contribution in [2.45, 2.75) is 36.8 Å². The molecule has 2 aromatic heterocycles. The van der Waals surface area contributed by atoms with Crippen LogP contribution in [0.3, 0.4) is 0 Å². The van der Waals surface area contributed by atoms with Crippen LogP contribution < -0.4 is 19.6 Å². The molecule has 4 aromatic rings. The monoisotopic (exact) mass is 572 g/mol. The van der Waals surface area contributed by atoms with Gasteiger partial charge in [0.15, 0.2) is 9.89 Å². The molecule has 0 saturated heterocycles. The molecular formula is C31H28N2O5S2. The Morgan fingerprint density at radius 3 is 2.58 bits per heavy atom. The van der Waals surface area contributed by atoms with Gasteiger partial charge in [0.05, 0.1) is 28.5 Å². The number of nitrogens with zero attached hydrogens (tertiary/aromatic N) is 2. The molecule has 0 fully saturated rings. The molecule has 5 rings (SSSR count). The van der Waals surface area contributed by atoms with Gasteiger partial charge in [-0.2, -0.15) is 0 Å². The third kappa shape index (κ3) is 5.76. The van der Waals surface area contributed by atoms with Crippen LogP contribution in [0.5, 0.6) is 5.75 Å². The van der Waals surface area contributed by atoms with Crippen molar-refractivity contribution in [1.29, 1.82) is 0 Å². The van der Waals surface area contributed by atoms with Crippen molar-refractivity contribution in [3.05, 3.63) is 121 Å². The normalized spacial score (nSPS) is 15.0. The molecule has 0 saturated carbocycles. The standard InChI is InChI=1S/C31H28N2O5S2/c1-5-17-37-22-11-9-21(10-12-22)28-27(30(35)36-6-2)20(4)32-31-33(28)29(34)25(40-31)18-23-13-16-26(38-23)39-24-14-7-19(3)8-15-24/h5,7-16,18,28H,1,6,17H2,2-4H3/b25-18-/t28-/m0/s1. The number of furan rings is 1. The van der Waals surface area contributed by atoms with Gasteiger partial charge in [-0.3, -0.25) is 9.36 Å². The molecule has 7 nitrogen and oxygen atoms in total. The highest BCUT2D eigenvalue weighted by Crippen LogP contribution is 2.32. The SMILES string of the molecule is C=CCOc1ccc([C@H]2C(C(=O)OCC)=C(C)N=c3s/c(=C\c4ccc(Sc5ccc(C)cc5)o4)c(=O)n32)cc1. The van der Waals surface area contributed by atoms with Crippen molar-refractivity contribution in [3.63, 3.8) is 0 Å². The second kappa shape index (κ2) is 12.0. The number of hydrogen-bond acceptors (Lipinski definition) is 8. The van der Waals surface area contributed by atoms with Crippen molar-refractivity contribution in [1.82, 2.24) is 4.57 Å². The minimum atomic E-state index is -0.699. The number of allylic oxidation sites excluding steroid dienone is 1. The van der Waals surface area contributed by atoms with Gasteiger partial charge in [-0.1, -0.05) is 65.6 Å². The molecule has 1 aliphatic heterocycles. The predicted molar refractivity (Wildman–Crippen MR) is 157 cm³/mol. The highest BCUT2D eigenvalue weighted by Gasteiger charge is 2.33. The molecule has 2 aromatic carbocycles. The summed E-state index contributed by atoms with van der Waals surface area (Å²) in [5, 5.41) is 0.722. The summed E-state index contributed by atoms with van der Waals surface area (Å²) in [7, 11) is 0. The number of hydrogen-bond donors (Lipinski definition) is 0. The van der Waals surface area contributed by atoms with Crippen molar-refractivity contribution in [2.24, 2.45) is 4.99 Å². The predicted octanol–water partition coefficient (Wildman–Crippen LogP) is 5.42. The van der Waals surface area contributed by atoms with E-state index >= 15 is 0 Å². The van der Waals surface area contributed by atoms with Crippen molar-refractivity contribution in [3.8, 4) is 5.75 Å². The molecule has 0 bridgehead atoms. The molecule has 0 N–H and O–H groups in total. The zero-order chi connectivity index (χ0) is 28.2. The topological polar surface area (TPSA) is 83.0 Å². The minimum Gasteiger partial charge on any atom is -0.490 e. The van der Waals surface area contributed by atoms with Crippen LogP contribution in [0, 0.1) is 6.92 Å². The van der Waals surface area contributed by atoms with Gasteiger partial charge in [0, 0.05) is 11.0 Å². The number of esters is 1. The molecule has 204 valence electrons. The lowest BCUT2D eigenvalue weighted by Crippen LogP contribution is -2.39. The van der Waals surface area contributed by atoms with Crippen molar-refractivity contribution in [2.75, 3.05) is 13.2 Å². The molecule has 0 radical (unpaired) electrons. The Bertz CT molecular complexity index is 1760. The van der Waals surface area contributed by atoms with E-state index in [1.54, 1.807) is 30.6 Å². The first-order valence-electron chi connectivity index (χ1n) is 12.8. The maximum absolute atomic E-state index is 13.8. The molecule has 40 heavy (non-hydrogen) atoms. The number of rotatable bonds is 9. The zero-order valence-corrected chi connectivity index (χ0v) is 24.0. The van der Waals surface area contributed by atoms with E-state index in [4.69, 9.17) is 13.9 Å². The van der Waals surface area contributed by atoms with Gasteiger partial charge in [-0.05, 0) is 62.7 Å². The van der Waals surface area contributed by atoms with Crippen molar-refractivity contribution < 1.29 is 18.7 Å². The second-order valence-corrected chi connectivity index (χ2v) is 11.1. The fourth-order valence-corrected chi connectivity index (χ4v) is 6.13. The first-order valence-corrected chi connectivity index (χ1v) is 14.4. The summed E-state index contributed by atoms with van der Waals surface area (Å²) < 4.78 is 19.0. The number of aromatic nitrogens is 1. The lowest BCUT2D eigenvalue weighted by molar-refractivity contribution is -0.139. The smallest absolute Gasteiger partial charge is 0.338 e. The summed E-state index contributed by atoms with van der Waals surface area (Å²) in [5.74, 6) is 0.715. The summed E-state index contributed by atoms with van der Waals surface area (Å²) in [4.78, 5) is 33.1. The summed E-state index contributed by atoms with van der Waals surface area (Å²) in [6, 6.07) is 18.5. The summed E-state index contributed by atoms with van der Waals surface area (Å²) in [6.45, 7) is 9.81. The highest BCUT2D eigenvalue weighted by atomic mass is 32.2. The molecule has 1 atom stereocenters. The number of ether oxygens (including phenoxy) is 2. The van der Waals surface area contributed by atoms with Crippen molar-refractivity contribution >= 4 is 35.1 Å². The Labute approximate surface area is 239 Å². The van der Waals surface area contributed by atoms with Crippen LogP contribution in [-0.4, -0.2) is 23.8 Å². The molecule has 0 spiro atoms. The molecule has 1 aliphatic rings. The fourth-order valence-electron chi connectivity index (χ4n) is 4.33. The third-order valence-corrected chi connectivity index (χ3v) is 8.11. The minimum absolute atomic E-state index is 0.211. The van der Waals surface area contributed by atoms with E-state index in [0.29, 0.717) is 38.7 Å². The lowest BCUT2D eigenvalue weighted by Gasteiger charge is -2.24. The highest BCUT2D eigenvalue weighted by molar-refractivity contribution is 7.99. The van der Waals surface area contributed by atoms with Crippen LogP contribution in [0.15, 0.2) is 109 Å². The molecule has 0 unspecified atom stereocenters. The fraction of sp³-hybridized carbons (Fsp3) is 0.194. The Morgan fingerprint density at radius 1 is 1.12 bits per heavy atom. The number of benzene rings is 2. The Hall–Kier alpha value is -4.08. The summed E-state index contributed by atoms with van der Waals surface area (Å²) in [6.07, 6.45) is 3.38. The number of aryl methyl sites for hydroxylation is 1. The number of carbonyl (C=O) groups excluding carboxylic acids is 1. The average Bonchev–Trinajstić information content (AvgIpc) is 3.51. The number of fused-ring (bicyclic) bond motifs is 1. The number of carbonyl (C=O) groups is 1. The molecule has 9 heteroatoms. The average molecular weight is 573 g/mol. The van der Waals surface area contributed by atoms with Gasteiger partial charge in [0.2, 0.25) is 0 Å². The van der Waals surface area contributed by atoms with Gasteiger partial charge >= 0.3 is 5.97 Å². The Balaban J connectivity index is 1.54. The van der Waals surface area contributed by atoms with Crippen LogP contribution in [0.25, 0.3) is 6.08 Å². The first-order chi connectivity index (χ1) is 19.4. The zero-order valence-electron chi connectivity index (χ0n) is 22.4. The summed E-state index contributed by atoms with van der Waals surface area (Å²) >= 11 is 2.77. The second-order valence-electron chi connectivity index (χ2n) is 9.04. The summed E-state index contributed by atoms with van der Waals surface area (Å²) in [5.41, 5.74) is 2.51. The Morgan fingerprint density at radius 2 is 1.88 bits per heavy atom. The van der Waals surface area contributed by atoms with Gasteiger partial charge < -0.3 is 13.9 Å². The first kappa shape index (κ1) is 27.5. The van der Waals surface area contributed by atoms with Crippen LogP contribution in [-0.2, 0) is 9.53 Å². The van der Waals surface area contributed by atoms with E-state index < -0.39 is 12.0 Å². The maximum atomic E-state index is 13.8. The van der Waals surface area contributed by atoms with Gasteiger partial charge in [0.25, 0.3) is 5.56 Å². The quantitative estimate of drug-likeness (QED) is 0.197. The van der Waals surface area contributed by atoms with Crippen LogP contribution >= 0.6 is 23.1 Å². The van der Waals surface area contributed by atoms with Gasteiger partial charge in [0.1, 0.15) is 18.1 Å². The van der Waals surface area contributed by atoms with E-state index in [9.17, 15) is 9.59 Å². The van der Waals surface area contributed by atoms with Gasteiger partial charge in [-0.15, -0.1) is 0 Å². The molecule has 0 aliphatic carbocycles. The van der Waals surface area contributed by atoms with Crippen LogP contribution in [0.2, 0.25) is 0 Å². The van der Waals surface area contributed by atoms with E-state index in [0.717, 1.165) is 15.6 Å². The molecular weight excluding hydrogens is 544 g/mol. The molecule has 0 amide bonds. The largest absolute Gasteiger partial charge is 0.490 e. The lowest BCUT2D eigenvalue weighted by atomic mass is 9.96. The third-order valence-electron chi connectivity index (χ3n) is 6.20. The molecule has 3 heterocycles. The van der Waals surface area contributed by atoms with Crippen LogP contribution in [0.1, 0.15) is 36.8 Å². The van der Waals surface area contributed by atoms with E-state index in [1.165, 1.54) is 28.7 Å². The number of thiazole rings is 1. The Kier molecular flexibility index (Phi) is 8.23. The maximum Gasteiger partial charge on any atom is 0.338 e. The van der Waals surface area contributed by atoms with E-state index in [1.807, 2.05) is 55.5 Å². The van der Waals surface area contributed by atoms with E-state index in [2.05, 4.69) is 23.7 Å². The van der Waals surface area contributed by atoms with Crippen LogP contribution in [0.4, 0.5) is 0 Å². The van der Waals surface area contributed by atoms with E-state index in [-0.39, 0.29) is 12.2 Å².